The van der Waals surface area contributed by atoms with Crippen molar-refractivity contribution in [1.29, 1.82) is 0 Å². The van der Waals surface area contributed by atoms with Gasteiger partial charge < -0.3 is 10.2 Å². The van der Waals surface area contributed by atoms with E-state index in [1.807, 2.05) is 0 Å². The number of rotatable bonds is 6. The van der Waals surface area contributed by atoms with Crippen molar-refractivity contribution in [2.45, 2.75) is 31.4 Å². The largest absolute Gasteiger partial charge is 0.480 e. The molecule has 3 N–H and O–H groups in total. The number of nitrogens with zero attached hydrogens (tertiary/aromatic N) is 1. The first kappa shape index (κ1) is 16.4. The zero-order chi connectivity index (χ0) is 15.5. The lowest BCUT2D eigenvalue weighted by atomic mass is 10.1. The SMILES string of the molecule is O=C(O)C1CCCCN1S(=O)(=O)NCC(O)c1ccsc1. The lowest BCUT2D eigenvalue weighted by Gasteiger charge is -2.32. The maximum absolute atomic E-state index is 12.2. The van der Waals surface area contributed by atoms with Gasteiger partial charge in [-0.2, -0.15) is 28.8 Å². The van der Waals surface area contributed by atoms with Crippen molar-refractivity contribution in [2.24, 2.45) is 0 Å². The molecule has 118 valence electrons. The summed E-state index contributed by atoms with van der Waals surface area (Å²) in [6.07, 6.45) is 0.695. The monoisotopic (exact) mass is 334 g/mol. The van der Waals surface area contributed by atoms with Crippen LogP contribution in [-0.2, 0) is 15.0 Å². The summed E-state index contributed by atoms with van der Waals surface area (Å²) in [6.45, 7) is 0.00273. The molecule has 1 aliphatic heterocycles. The van der Waals surface area contributed by atoms with Crippen molar-refractivity contribution in [1.82, 2.24) is 9.03 Å². The van der Waals surface area contributed by atoms with Crippen LogP contribution >= 0.6 is 11.3 Å². The number of carboxylic acids is 1. The van der Waals surface area contributed by atoms with Crippen molar-refractivity contribution in [3.8, 4) is 0 Å². The number of thiophene rings is 1. The summed E-state index contributed by atoms with van der Waals surface area (Å²) >= 11 is 1.41. The summed E-state index contributed by atoms with van der Waals surface area (Å²) < 4.78 is 27.7. The number of aliphatic carboxylic acids is 1. The summed E-state index contributed by atoms with van der Waals surface area (Å²) in [5, 5.41) is 22.5. The Balaban J connectivity index is 2.01. The van der Waals surface area contributed by atoms with E-state index in [0.717, 1.165) is 4.31 Å². The quantitative estimate of drug-likeness (QED) is 0.704. The van der Waals surface area contributed by atoms with E-state index in [1.165, 1.54) is 11.3 Å². The molecule has 0 aromatic carbocycles. The first-order valence-electron chi connectivity index (χ1n) is 6.61. The number of carboxylic acid groups (broad SMARTS) is 1. The number of aliphatic hydroxyl groups excluding tert-OH is 1. The molecule has 1 aromatic rings. The molecule has 1 saturated heterocycles. The van der Waals surface area contributed by atoms with Gasteiger partial charge in [-0.25, -0.2) is 0 Å². The molecule has 0 aliphatic carbocycles. The molecule has 2 unspecified atom stereocenters. The molecule has 2 rings (SSSR count). The van der Waals surface area contributed by atoms with Gasteiger partial charge in [-0.1, -0.05) is 0 Å². The Bertz CT molecular complexity index is 572. The third-order valence-electron chi connectivity index (χ3n) is 3.43. The summed E-state index contributed by atoms with van der Waals surface area (Å²) in [7, 11) is -3.92. The van der Waals surface area contributed by atoms with Gasteiger partial charge >= 0.3 is 5.97 Å². The van der Waals surface area contributed by atoms with E-state index in [9.17, 15) is 18.3 Å². The smallest absolute Gasteiger partial charge is 0.322 e. The highest BCUT2D eigenvalue weighted by Crippen LogP contribution is 2.21. The van der Waals surface area contributed by atoms with E-state index >= 15 is 0 Å². The Kier molecular flexibility index (Phi) is 5.33. The topological polar surface area (TPSA) is 107 Å². The van der Waals surface area contributed by atoms with E-state index in [-0.39, 0.29) is 13.1 Å². The first-order chi connectivity index (χ1) is 9.92. The van der Waals surface area contributed by atoms with E-state index in [4.69, 9.17) is 5.11 Å². The van der Waals surface area contributed by atoms with Crippen LogP contribution in [0.1, 0.15) is 30.9 Å². The second kappa shape index (κ2) is 6.84. The third kappa shape index (κ3) is 4.01. The maximum Gasteiger partial charge on any atom is 0.322 e. The standard InChI is InChI=1S/C12H18N2O5S2/c15-11(9-4-6-20-8-9)7-13-21(18,19)14-5-2-1-3-10(14)12(16)17/h4,6,8,10-11,13,15H,1-3,5,7H2,(H,16,17). The summed E-state index contributed by atoms with van der Waals surface area (Å²) in [6, 6.07) is 0.680. The van der Waals surface area contributed by atoms with E-state index in [1.54, 1.807) is 16.8 Å². The summed E-state index contributed by atoms with van der Waals surface area (Å²) in [5.74, 6) is -1.14. The van der Waals surface area contributed by atoms with Gasteiger partial charge in [-0.3, -0.25) is 4.79 Å². The molecule has 21 heavy (non-hydrogen) atoms. The number of hydrogen-bond donors (Lipinski definition) is 3. The van der Waals surface area contributed by atoms with Crippen LogP contribution in [0, 0.1) is 0 Å². The predicted molar refractivity (Wildman–Crippen MR) is 78.2 cm³/mol. The van der Waals surface area contributed by atoms with Crippen molar-refractivity contribution in [3.63, 3.8) is 0 Å². The van der Waals surface area contributed by atoms with Gasteiger partial charge in [0.25, 0.3) is 10.2 Å². The van der Waals surface area contributed by atoms with Gasteiger partial charge in [-0.15, -0.1) is 0 Å². The number of nitrogens with one attached hydrogen (secondary N) is 1. The summed E-state index contributed by atoms with van der Waals surface area (Å²) in [5.41, 5.74) is 0.635. The first-order valence-corrected chi connectivity index (χ1v) is 8.99. The van der Waals surface area contributed by atoms with Crippen molar-refractivity contribution in [3.05, 3.63) is 22.4 Å². The molecular formula is C12H18N2O5S2. The Morgan fingerprint density at radius 1 is 1.52 bits per heavy atom. The molecule has 0 amide bonds. The fourth-order valence-electron chi connectivity index (χ4n) is 2.29. The molecule has 2 atom stereocenters. The molecule has 1 aromatic heterocycles. The molecule has 1 aliphatic rings. The number of hydrogen-bond acceptors (Lipinski definition) is 5. The van der Waals surface area contributed by atoms with E-state index in [0.29, 0.717) is 24.8 Å². The highest BCUT2D eigenvalue weighted by atomic mass is 32.2. The zero-order valence-electron chi connectivity index (χ0n) is 11.3. The zero-order valence-corrected chi connectivity index (χ0v) is 12.9. The Labute approximate surface area is 127 Å². The normalized spacial score (nSPS) is 22.0. The Hall–Kier alpha value is -1.00. The van der Waals surface area contributed by atoms with Crippen LogP contribution in [-0.4, -0.2) is 48.0 Å². The van der Waals surface area contributed by atoms with Crippen LogP contribution in [0.25, 0.3) is 0 Å². The predicted octanol–water partition coefficient (Wildman–Crippen LogP) is 0.555. The fraction of sp³-hybridized carbons (Fsp3) is 0.583. The Morgan fingerprint density at radius 2 is 2.29 bits per heavy atom. The minimum atomic E-state index is -3.92. The second-order valence-electron chi connectivity index (χ2n) is 4.89. The number of piperidine rings is 1. The van der Waals surface area contributed by atoms with Crippen LogP contribution in [0.4, 0.5) is 0 Å². The molecule has 1 fully saturated rings. The molecule has 7 nitrogen and oxygen atoms in total. The molecule has 0 saturated carbocycles. The fourth-order valence-corrected chi connectivity index (χ4v) is 4.43. The van der Waals surface area contributed by atoms with Gasteiger partial charge in [0, 0.05) is 13.1 Å². The minimum absolute atomic E-state index is 0.179. The molecule has 9 heteroatoms. The van der Waals surface area contributed by atoms with E-state index in [2.05, 4.69) is 4.72 Å². The molecule has 0 spiro atoms. The maximum atomic E-state index is 12.2. The van der Waals surface area contributed by atoms with Crippen LogP contribution in [0.15, 0.2) is 16.8 Å². The second-order valence-corrected chi connectivity index (χ2v) is 7.37. The molecule has 0 bridgehead atoms. The number of aliphatic hydroxyl groups is 1. The van der Waals surface area contributed by atoms with Crippen LogP contribution in [0.2, 0.25) is 0 Å². The van der Waals surface area contributed by atoms with Crippen molar-refractivity contribution in [2.75, 3.05) is 13.1 Å². The lowest BCUT2D eigenvalue weighted by molar-refractivity contribution is -0.142. The highest BCUT2D eigenvalue weighted by molar-refractivity contribution is 7.87. The summed E-state index contributed by atoms with van der Waals surface area (Å²) in [4.78, 5) is 11.2. The molecule has 0 radical (unpaired) electrons. The van der Waals surface area contributed by atoms with Crippen LogP contribution in [0.5, 0.6) is 0 Å². The van der Waals surface area contributed by atoms with Crippen LogP contribution in [0.3, 0.4) is 0 Å². The van der Waals surface area contributed by atoms with Crippen LogP contribution < -0.4 is 4.72 Å². The lowest BCUT2D eigenvalue weighted by Crippen LogP contribution is -2.52. The molecule has 2 heterocycles. The van der Waals surface area contributed by atoms with Crippen molar-refractivity contribution < 1.29 is 23.4 Å². The molecular weight excluding hydrogens is 316 g/mol. The van der Waals surface area contributed by atoms with Gasteiger partial charge in [0.05, 0.1) is 6.10 Å². The van der Waals surface area contributed by atoms with E-state index < -0.39 is 28.3 Å². The minimum Gasteiger partial charge on any atom is -0.480 e. The average Bonchev–Trinajstić information content (AvgIpc) is 2.99. The number of carbonyl (C=O) groups is 1. The van der Waals surface area contributed by atoms with Gasteiger partial charge in [0.1, 0.15) is 6.04 Å². The van der Waals surface area contributed by atoms with Gasteiger partial charge in [-0.05, 0) is 41.7 Å². The van der Waals surface area contributed by atoms with Crippen molar-refractivity contribution >= 4 is 27.5 Å². The highest BCUT2D eigenvalue weighted by Gasteiger charge is 2.36. The van der Waals surface area contributed by atoms with Gasteiger partial charge in [0.2, 0.25) is 0 Å². The third-order valence-corrected chi connectivity index (χ3v) is 5.72. The van der Waals surface area contributed by atoms with Gasteiger partial charge in [0.15, 0.2) is 0 Å². The Morgan fingerprint density at radius 3 is 2.90 bits per heavy atom. The average molecular weight is 334 g/mol.